The highest BCUT2D eigenvalue weighted by atomic mass is 19.3. The summed E-state index contributed by atoms with van der Waals surface area (Å²) in [6, 6.07) is 0. The summed E-state index contributed by atoms with van der Waals surface area (Å²) < 4.78 is 27.4. The van der Waals surface area contributed by atoms with Crippen LogP contribution in [0.15, 0.2) is 0 Å². The van der Waals surface area contributed by atoms with E-state index < -0.39 is 6.61 Å². The quantitative estimate of drug-likeness (QED) is 0.586. The van der Waals surface area contributed by atoms with Crippen LogP contribution >= 0.6 is 0 Å². The Morgan fingerprint density at radius 3 is 2.20 bits per heavy atom. The van der Waals surface area contributed by atoms with Gasteiger partial charge in [0.05, 0.1) is 0 Å². The lowest BCUT2D eigenvalue weighted by atomic mass is 9.98. The van der Waals surface area contributed by atoms with Crippen LogP contribution in [-0.2, 0) is 4.74 Å². The molecule has 0 aromatic rings. The molecule has 0 aliphatic heterocycles. The van der Waals surface area contributed by atoms with Crippen molar-refractivity contribution < 1.29 is 13.5 Å². The van der Waals surface area contributed by atoms with Gasteiger partial charge in [0.25, 0.3) is 0 Å². The molecule has 0 aromatic carbocycles. The molecular formula is C7H11F2O. The van der Waals surface area contributed by atoms with Crippen molar-refractivity contribution in [2.24, 2.45) is 0 Å². The average Bonchev–Trinajstić information content (AvgIpc) is 1.88. The molecule has 1 nitrogen and oxygen atoms in total. The average molecular weight is 149 g/mol. The van der Waals surface area contributed by atoms with E-state index >= 15 is 0 Å². The number of alkyl halides is 2. The predicted molar refractivity (Wildman–Crippen MR) is 33.4 cm³/mol. The van der Waals surface area contributed by atoms with Crippen LogP contribution in [0.1, 0.15) is 32.1 Å². The minimum absolute atomic E-state index is 0.584. The molecule has 0 heterocycles. The molecule has 1 rings (SSSR count). The summed E-state index contributed by atoms with van der Waals surface area (Å²) in [5, 5.41) is 0. The first kappa shape index (κ1) is 7.92. The zero-order chi connectivity index (χ0) is 7.40. The van der Waals surface area contributed by atoms with Crippen LogP contribution in [0.5, 0.6) is 0 Å². The molecule has 0 atom stereocenters. The second-order valence-electron chi connectivity index (χ2n) is 2.48. The first-order valence-electron chi connectivity index (χ1n) is 3.58. The van der Waals surface area contributed by atoms with Crippen molar-refractivity contribution in [3.05, 3.63) is 6.10 Å². The van der Waals surface area contributed by atoms with Crippen LogP contribution in [0.25, 0.3) is 0 Å². The molecule has 0 spiro atoms. The lowest BCUT2D eigenvalue weighted by Crippen LogP contribution is -2.11. The molecule has 0 saturated heterocycles. The molecule has 0 amide bonds. The SMILES string of the molecule is FC(F)O[C]1CCCCC1. The molecule has 1 aliphatic carbocycles. The monoisotopic (exact) mass is 149 g/mol. The van der Waals surface area contributed by atoms with E-state index in [4.69, 9.17) is 0 Å². The van der Waals surface area contributed by atoms with Gasteiger partial charge in [0.15, 0.2) is 0 Å². The Labute approximate surface area is 59.4 Å². The van der Waals surface area contributed by atoms with E-state index in [0.29, 0.717) is 6.10 Å². The minimum Gasteiger partial charge on any atom is -0.313 e. The van der Waals surface area contributed by atoms with E-state index in [-0.39, 0.29) is 0 Å². The summed E-state index contributed by atoms with van der Waals surface area (Å²) in [5.74, 6) is 0. The van der Waals surface area contributed by atoms with Gasteiger partial charge in [0.1, 0.15) is 6.10 Å². The van der Waals surface area contributed by atoms with Crippen molar-refractivity contribution in [2.45, 2.75) is 38.7 Å². The van der Waals surface area contributed by atoms with Gasteiger partial charge < -0.3 is 4.74 Å². The van der Waals surface area contributed by atoms with E-state index in [1.165, 1.54) is 0 Å². The van der Waals surface area contributed by atoms with E-state index in [2.05, 4.69) is 4.74 Å². The fourth-order valence-electron chi connectivity index (χ4n) is 1.19. The summed E-state index contributed by atoms with van der Waals surface area (Å²) in [5.41, 5.74) is 0. The summed E-state index contributed by atoms with van der Waals surface area (Å²) >= 11 is 0. The van der Waals surface area contributed by atoms with Gasteiger partial charge in [-0.2, -0.15) is 8.78 Å². The Hall–Kier alpha value is -0.180. The molecule has 1 aliphatic rings. The molecule has 0 aromatic heterocycles. The van der Waals surface area contributed by atoms with E-state index in [0.717, 1.165) is 32.1 Å². The van der Waals surface area contributed by atoms with Gasteiger partial charge in [0, 0.05) is 0 Å². The van der Waals surface area contributed by atoms with Crippen molar-refractivity contribution in [3.63, 3.8) is 0 Å². The number of halogens is 2. The largest absolute Gasteiger partial charge is 0.345 e. The standard InChI is InChI=1S/C7H11F2O/c8-7(9)10-6-4-2-1-3-5-6/h7H,1-5H2. The third kappa shape index (κ3) is 2.60. The van der Waals surface area contributed by atoms with Crippen molar-refractivity contribution in [3.8, 4) is 0 Å². The molecule has 1 fully saturated rings. The van der Waals surface area contributed by atoms with Crippen molar-refractivity contribution in [2.75, 3.05) is 0 Å². The van der Waals surface area contributed by atoms with Gasteiger partial charge in [-0.3, -0.25) is 0 Å². The molecule has 1 radical (unpaired) electrons. The van der Waals surface area contributed by atoms with E-state index in [1.807, 2.05) is 0 Å². The predicted octanol–water partition coefficient (Wildman–Crippen LogP) is 2.72. The maximum Gasteiger partial charge on any atom is 0.345 e. The van der Waals surface area contributed by atoms with Crippen LogP contribution in [0.3, 0.4) is 0 Å². The zero-order valence-electron chi connectivity index (χ0n) is 5.78. The highest BCUT2D eigenvalue weighted by Crippen LogP contribution is 2.27. The van der Waals surface area contributed by atoms with E-state index in [9.17, 15) is 8.78 Å². The normalized spacial score (nSPS) is 21.9. The lowest BCUT2D eigenvalue weighted by molar-refractivity contribution is -0.129. The first-order chi connectivity index (χ1) is 4.79. The topological polar surface area (TPSA) is 9.23 Å². The highest BCUT2D eigenvalue weighted by molar-refractivity contribution is 4.81. The summed E-state index contributed by atoms with van der Waals surface area (Å²) in [6.45, 7) is -2.62. The lowest BCUT2D eigenvalue weighted by Gasteiger charge is -2.19. The van der Waals surface area contributed by atoms with Crippen molar-refractivity contribution in [1.82, 2.24) is 0 Å². The van der Waals surface area contributed by atoms with Gasteiger partial charge in [0.2, 0.25) is 0 Å². The Morgan fingerprint density at radius 2 is 1.70 bits per heavy atom. The van der Waals surface area contributed by atoms with E-state index in [1.54, 1.807) is 0 Å². The fourth-order valence-corrected chi connectivity index (χ4v) is 1.19. The molecule has 10 heavy (non-hydrogen) atoms. The Kier molecular flexibility index (Phi) is 3.06. The number of hydrogen-bond donors (Lipinski definition) is 0. The maximum absolute atomic E-state index is 11.6. The Bertz CT molecular complexity index is 89.6. The molecule has 0 bridgehead atoms. The van der Waals surface area contributed by atoms with Crippen molar-refractivity contribution >= 4 is 0 Å². The van der Waals surface area contributed by atoms with Crippen LogP contribution in [-0.4, -0.2) is 6.61 Å². The molecule has 59 valence electrons. The van der Waals surface area contributed by atoms with Gasteiger partial charge in [-0.1, -0.05) is 19.3 Å². The molecular weight excluding hydrogens is 138 g/mol. The number of hydrogen-bond acceptors (Lipinski definition) is 1. The second-order valence-corrected chi connectivity index (χ2v) is 2.48. The number of rotatable bonds is 2. The summed E-state index contributed by atoms with van der Waals surface area (Å²) in [4.78, 5) is 0. The molecule has 0 N–H and O–H groups in total. The Morgan fingerprint density at radius 1 is 1.10 bits per heavy atom. The third-order valence-corrected chi connectivity index (χ3v) is 1.67. The minimum atomic E-state index is -2.62. The van der Waals surface area contributed by atoms with Crippen LogP contribution in [0.2, 0.25) is 0 Å². The second kappa shape index (κ2) is 3.86. The number of ether oxygens (including phenoxy) is 1. The van der Waals surface area contributed by atoms with Crippen LogP contribution in [0.4, 0.5) is 8.78 Å². The van der Waals surface area contributed by atoms with Gasteiger partial charge in [-0.25, -0.2) is 0 Å². The van der Waals surface area contributed by atoms with Crippen molar-refractivity contribution in [1.29, 1.82) is 0 Å². The smallest absolute Gasteiger partial charge is 0.313 e. The maximum atomic E-state index is 11.6. The third-order valence-electron chi connectivity index (χ3n) is 1.67. The van der Waals surface area contributed by atoms with Crippen LogP contribution in [0, 0.1) is 6.10 Å². The highest BCUT2D eigenvalue weighted by Gasteiger charge is 2.18. The van der Waals surface area contributed by atoms with Gasteiger partial charge in [-0.15, -0.1) is 0 Å². The first-order valence-corrected chi connectivity index (χ1v) is 3.58. The summed E-state index contributed by atoms with van der Waals surface area (Å²) in [7, 11) is 0. The fraction of sp³-hybridized carbons (Fsp3) is 0.857. The van der Waals surface area contributed by atoms with Gasteiger partial charge >= 0.3 is 6.61 Å². The zero-order valence-corrected chi connectivity index (χ0v) is 5.78. The van der Waals surface area contributed by atoms with Gasteiger partial charge in [-0.05, 0) is 12.8 Å². The molecule has 1 saturated carbocycles. The summed E-state index contributed by atoms with van der Waals surface area (Å²) in [6.07, 6.45) is 5.19. The molecule has 3 heteroatoms. The Balaban J connectivity index is 2.13. The van der Waals surface area contributed by atoms with Crippen LogP contribution < -0.4 is 0 Å². The molecule has 0 unspecified atom stereocenters.